The highest BCUT2D eigenvalue weighted by molar-refractivity contribution is 7.54. The zero-order valence-corrected chi connectivity index (χ0v) is 13.4. The van der Waals surface area contributed by atoms with Crippen molar-refractivity contribution >= 4 is 13.6 Å². The minimum Gasteiger partial charge on any atom is -0.466 e. The summed E-state index contributed by atoms with van der Waals surface area (Å²) in [5.74, 6) is -0.0860. The molecule has 0 amide bonds. The normalized spacial score (nSPS) is 12.8. The first-order valence-corrected chi connectivity index (χ1v) is 8.26. The molecule has 0 N–H and O–H groups in total. The van der Waals surface area contributed by atoms with E-state index in [9.17, 15) is 9.36 Å². The Morgan fingerprint density at radius 1 is 1.21 bits per heavy atom. The molecular formula is C13H25O5P. The number of hydrogen-bond donors (Lipinski definition) is 0. The number of ether oxygens (including phenoxy) is 1. The molecule has 0 aromatic carbocycles. The smallest absolute Gasteiger partial charge is 0.334 e. The van der Waals surface area contributed by atoms with Gasteiger partial charge in [-0.2, -0.15) is 0 Å². The molecule has 0 aromatic rings. The predicted octanol–water partition coefficient (Wildman–Crippen LogP) is 3.40. The maximum atomic E-state index is 12.3. The largest absolute Gasteiger partial charge is 0.466 e. The van der Waals surface area contributed by atoms with Crippen LogP contribution in [0.5, 0.6) is 0 Å². The van der Waals surface area contributed by atoms with Crippen LogP contribution in [0.4, 0.5) is 0 Å². The highest BCUT2D eigenvalue weighted by Crippen LogP contribution is 2.48. The fourth-order valence-electron chi connectivity index (χ4n) is 1.58. The summed E-state index contributed by atoms with van der Waals surface area (Å²) in [4.78, 5) is 11.6. The van der Waals surface area contributed by atoms with Crippen LogP contribution in [-0.4, -0.2) is 32.5 Å². The first-order chi connectivity index (χ1) is 8.88. The molecule has 0 aliphatic carbocycles. The van der Waals surface area contributed by atoms with E-state index in [1.165, 1.54) is 7.11 Å². The Morgan fingerprint density at radius 2 is 1.74 bits per heavy atom. The van der Waals surface area contributed by atoms with Gasteiger partial charge in [0.2, 0.25) is 0 Å². The maximum Gasteiger partial charge on any atom is 0.334 e. The zero-order valence-electron chi connectivity index (χ0n) is 12.5. The van der Waals surface area contributed by atoms with Crippen LogP contribution >= 0.6 is 7.60 Å². The van der Waals surface area contributed by atoms with Crippen LogP contribution in [-0.2, 0) is 23.1 Å². The second kappa shape index (κ2) is 9.29. The number of rotatable bonds is 9. The third-order valence-corrected chi connectivity index (χ3v) is 4.22. The van der Waals surface area contributed by atoms with Gasteiger partial charge in [-0.05, 0) is 26.2 Å². The van der Waals surface area contributed by atoms with E-state index in [1.807, 2.05) is 13.8 Å². The number of esters is 1. The Hall–Kier alpha value is -0.640. The number of carbonyl (C=O) groups excluding carboxylic acids is 1. The Morgan fingerprint density at radius 3 is 2.11 bits per heavy atom. The van der Waals surface area contributed by atoms with E-state index in [0.29, 0.717) is 31.1 Å². The minimum atomic E-state index is -3.15. The molecule has 0 spiro atoms. The lowest BCUT2D eigenvalue weighted by Crippen LogP contribution is -2.09. The van der Waals surface area contributed by atoms with Crippen LogP contribution in [0.2, 0.25) is 0 Å². The average Bonchev–Trinajstić information content (AvgIpc) is 2.33. The van der Waals surface area contributed by atoms with Crippen molar-refractivity contribution in [2.45, 2.75) is 34.1 Å². The van der Waals surface area contributed by atoms with E-state index < -0.39 is 13.6 Å². The Bertz CT molecular complexity index is 339. The standard InChI is InChI=1S/C13H25O5P/c1-6-17-19(15,18-7-2)9-8-12(10-11(3)4)13(14)16-5/h8,11H,6-7,9-10H2,1-5H3/b12-8+. The molecule has 0 bridgehead atoms. The van der Waals surface area contributed by atoms with Crippen molar-refractivity contribution in [1.29, 1.82) is 0 Å². The van der Waals surface area contributed by atoms with Gasteiger partial charge in [-0.1, -0.05) is 19.9 Å². The Kier molecular flexibility index (Phi) is 8.98. The average molecular weight is 292 g/mol. The van der Waals surface area contributed by atoms with Crippen molar-refractivity contribution in [1.82, 2.24) is 0 Å². The highest BCUT2D eigenvalue weighted by Gasteiger charge is 2.23. The molecule has 0 atom stereocenters. The summed E-state index contributed by atoms with van der Waals surface area (Å²) in [7, 11) is -1.82. The van der Waals surface area contributed by atoms with E-state index in [-0.39, 0.29) is 6.16 Å². The second-order valence-electron chi connectivity index (χ2n) is 4.45. The van der Waals surface area contributed by atoms with Gasteiger partial charge in [0.15, 0.2) is 0 Å². The summed E-state index contributed by atoms with van der Waals surface area (Å²) >= 11 is 0. The van der Waals surface area contributed by atoms with Crippen LogP contribution in [0.25, 0.3) is 0 Å². The van der Waals surface area contributed by atoms with Crippen molar-refractivity contribution in [3.05, 3.63) is 11.6 Å². The van der Waals surface area contributed by atoms with E-state index in [4.69, 9.17) is 13.8 Å². The summed E-state index contributed by atoms with van der Waals surface area (Å²) in [6, 6.07) is 0. The van der Waals surface area contributed by atoms with Gasteiger partial charge < -0.3 is 13.8 Å². The molecule has 6 heteroatoms. The van der Waals surface area contributed by atoms with Gasteiger partial charge in [0.25, 0.3) is 0 Å². The molecule has 5 nitrogen and oxygen atoms in total. The second-order valence-corrected chi connectivity index (χ2v) is 6.55. The van der Waals surface area contributed by atoms with Gasteiger partial charge in [-0.25, -0.2) is 4.79 Å². The van der Waals surface area contributed by atoms with Crippen molar-refractivity contribution in [2.24, 2.45) is 5.92 Å². The van der Waals surface area contributed by atoms with Gasteiger partial charge in [0.1, 0.15) is 0 Å². The Labute approximate surface area is 115 Å². The number of hydrogen-bond acceptors (Lipinski definition) is 5. The Balaban J connectivity index is 4.91. The lowest BCUT2D eigenvalue weighted by Gasteiger charge is -2.16. The maximum absolute atomic E-state index is 12.3. The van der Waals surface area contributed by atoms with E-state index in [1.54, 1.807) is 19.9 Å². The highest BCUT2D eigenvalue weighted by atomic mass is 31.2. The molecular weight excluding hydrogens is 267 g/mol. The lowest BCUT2D eigenvalue weighted by atomic mass is 10.0. The summed E-state index contributed by atoms with van der Waals surface area (Å²) in [5.41, 5.74) is 0.511. The van der Waals surface area contributed by atoms with Crippen molar-refractivity contribution in [3.8, 4) is 0 Å². The molecule has 112 valence electrons. The van der Waals surface area contributed by atoms with Gasteiger partial charge in [-0.3, -0.25) is 4.57 Å². The quantitative estimate of drug-likeness (QED) is 0.370. The number of carbonyl (C=O) groups is 1. The molecule has 0 saturated heterocycles. The number of allylic oxidation sites excluding steroid dienone is 1. The molecule has 0 heterocycles. The van der Waals surface area contributed by atoms with Crippen LogP contribution < -0.4 is 0 Å². The van der Waals surface area contributed by atoms with Gasteiger partial charge in [-0.15, -0.1) is 0 Å². The summed E-state index contributed by atoms with van der Waals surface area (Å²) in [6.45, 7) is 8.13. The SMILES string of the molecule is CCOP(=O)(C/C=C(\CC(C)C)C(=O)OC)OCC. The third-order valence-electron chi connectivity index (χ3n) is 2.29. The summed E-state index contributed by atoms with van der Waals surface area (Å²) in [6.07, 6.45) is 2.27. The van der Waals surface area contributed by atoms with Gasteiger partial charge >= 0.3 is 13.6 Å². The minimum absolute atomic E-state index is 0.0891. The van der Waals surface area contributed by atoms with E-state index in [2.05, 4.69) is 0 Å². The fraction of sp³-hybridized carbons (Fsp3) is 0.769. The van der Waals surface area contributed by atoms with E-state index >= 15 is 0 Å². The topological polar surface area (TPSA) is 61.8 Å². The van der Waals surface area contributed by atoms with Crippen molar-refractivity contribution in [2.75, 3.05) is 26.5 Å². The van der Waals surface area contributed by atoms with Crippen LogP contribution in [0.15, 0.2) is 11.6 Å². The molecule has 0 fully saturated rings. The molecule has 0 unspecified atom stereocenters. The molecule has 0 rings (SSSR count). The molecule has 0 saturated carbocycles. The van der Waals surface area contributed by atoms with Crippen LogP contribution in [0.3, 0.4) is 0 Å². The predicted molar refractivity (Wildman–Crippen MR) is 75.3 cm³/mol. The van der Waals surface area contributed by atoms with Crippen LogP contribution in [0, 0.1) is 5.92 Å². The molecule has 0 aliphatic heterocycles. The monoisotopic (exact) mass is 292 g/mol. The van der Waals surface area contributed by atoms with Gasteiger partial charge in [0.05, 0.1) is 26.5 Å². The first-order valence-electron chi connectivity index (χ1n) is 6.54. The van der Waals surface area contributed by atoms with E-state index in [0.717, 1.165) is 0 Å². The lowest BCUT2D eigenvalue weighted by molar-refractivity contribution is -0.136. The first kappa shape index (κ1) is 18.4. The van der Waals surface area contributed by atoms with Gasteiger partial charge in [0, 0.05) is 5.57 Å². The number of methoxy groups -OCH3 is 1. The molecule has 0 radical (unpaired) electrons. The third kappa shape index (κ3) is 7.51. The molecule has 0 aliphatic rings. The van der Waals surface area contributed by atoms with Crippen molar-refractivity contribution < 1.29 is 23.1 Å². The zero-order chi connectivity index (χ0) is 14.9. The van der Waals surface area contributed by atoms with Crippen molar-refractivity contribution in [3.63, 3.8) is 0 Å². The summed E-state index contributed by atoms with van der Waals surface area (Å²) < 4.78 is 27.3. The summed E-state index contributed by atoms with van der Waals surface area (Å²) in [5, 5.41) is 0. The molecule has 19 heavy (non-hydrogen) atoms. The van der Waals surface area contributed by atoms with Crippen LogP contribution in [0.1, 0.15) is 34.1 Å². The fourth-order valence-corrected chi connectivity index (χ4v) is 3.10. The molecule has 0 aromatic heterocycles.